The van der Waals surface area contributed by atoms with E-state index in [0.29, 0.717) is 13.2 Å². The van der Waals surface area contributed by atoms with Gasteiger partial charge in [0.1, 0.15) is 13.2 Å². The van der Waals surface area contributed by atoms with E-state index in [2.05, 4.69) is 48.6 Å². The molecule has 1 radical (unpaired) electrons. The maximum absolute atomic E-state index is 6.12. The summed E-state index contributed by atoms with van der Waals surface area (Å²) < 4.78 is 12.2. The van der Waals surface area contributed by atoms with Gasteiger partial charge in [-0.25, -0.2) is 0 Å². The molecule has 2 heteroatoms. The van der Waals surface area contributed by atoms with Crippen molar-refractivity contribution < 1.29 is 9.47 Å². The van der Waals surface area contributed by atoms with E-state index in [1.807, 2.05) is 36.4 Å². The Balaban J connectivity index is 1.56. The van der Waals surface area contributed by atoms with Crippen LogP contribution in [0.5, 0.6) is 11.5 Å². The van der Waals surface area contributed by atoms with Gasteiger partial charge in [-0.2, -0.15) is 0 Å². The highest BCUT2D eigenvalue weighted by Gasteiger charge is 2.13. The minimum Gasteiger partial charge on any atom is -0.485 e. The second-order valence-corrected chi connectivity index (χ2v) is 6.39. The summed E-state index contributed by atoms with van der Waals surface area (Å²) in [6.45, 7) is 1.05. The average Bonchev–Trinajstić information content (AvgIpc) is 2.72. The summed E-state index contributed by atoms with van der Waals surface area (Å²) in [6.07, 6.45) is 7.29. The van der Waals surface area contributed by atoms with Gasteiger partial charge in [-0.05, 0) is 53.3 Å². The normalized spacial score (nSPS) is 12.5. The Bertz CT molecular complexity index is 883. The number of allylic oxidation sites excluding steroid dienone is 1. The van der Waals surface area contributed by atoms with Gasteiger partial charge in [0.25, 0.3) is 0 Å². The van der Waals surface area contributed by atoms with Crippen LogP contribution in [0.4, 0.5) is 0 Å². The predicted molar refractivity (Wildman–Crippen MR) is 104 cm³/mol. The van der Waals surface area contributed by atoms with Crippen LogP contribution in [0.1, 0.15) is 28.7 Å². The molecule has 0 bridgehead atoms. The fourth-order valence-electron chi connectivity index (χ4n) is 3.05. The Morgan fingerprint density at radius 3 is 1.92 bits per heavy atom. The van der Waals surface area contributed by atoms with Gasteiger partial charge in [0, 0.05) is 0 Å². The molecule has 1 aliphatic rings. The first-order valence-electron chi connectivity index (χ1n) is 8.95. The largest absolute Gasteiger partial charge is 0.485 e. The smallest absolute Gasteiger partial charge is 0.162 e. The van der Waals surface area contributed by atoms with E-state index in [1.54, 1.807) is 0 Å². The Kier molecular flexibility index (Phi) is 5.02. The van der Waals surface area contributed by atoms with Crippen LogP contribution in [0.3, 0.4) is 0 Å². The zero-order chi connectivity index (χ0) is 17.6. The molecule has 0 aromatic heterocycles. The molecule has 0 heterocycles. The monoisotopic (exact) mass is 341 g/mol. The maximum Gasteiger partial charge on any atom is 0.162 e. The van der Waals surface area contributed by atoms with Crippen molar-refractivity contribution in [2.45, 2.75) is 26.1 Å². The molecule has 0 saturated heterocycles. The second kappa shape index (κ2) is 7.92. The van der Waals surface area contributed by atoms with Gasteiger partial charge in [0.2, 0.25) is 0 Å². The van der Waals surface area contributed by atoms with Crippen molar-refractivity contribution in [1.29, 1.82) is 0 Å². The van der Waals surface area contributed by atoms with Gasteiger partial charge in [-0.15, -0.1) is 0 Å². The molecule has 0 atom stereocenters. The van der Waals surface area contributed by atoms with Gasteiger partial charge in [-0.3, -0.25) is 0 Å². The number of benzene rings is 3. The van der Waals surface area contributed by atoms with Gasteiger partial charge < -0.3 is 9.47 Å². The van der Waals surface area contributed by atoms with E-state index >= 15 is 0 Å². The molecule has 0 saturated carbocycles. The lowest BCUT2D eigenvalue weighted by Crippen LogP contribution is -2.03. The third-order valence-electron chi connectivity index (χ3n) is 4.48. The van der Waals surface area contributed by atoms with Crippen LogP contribution in [0.25, 0.3) is 6.08 Å². The van der Waals surface area contributed by atoms with Crippen molar-refractivity contribution in [1.82, 2.24) is 0 Å². The van der Waals surface area contributed by atoms with E-state index in [9.17, 15) is 0 Å². The SMILES string of the molecule is [C]1=Cc2cc(OCc3ccccc3)c(OCc3ccccc3)cc2CC1. The molecule has 4 rings (SSSR count). The lowest BCUT2D eigenvalue weighted by atomic mass is 9.97. The quantitative estimate of drug-likeness (QED) is 0.580. The van der Waals surface area contributed by atoms with Crippen LogP contribution >= 0.6 is 0 Å². The minimum atomic E-state index is 0.523. The topological polar surface area (TPSA) is 18.5 Å². The third-order valence-corrected chi connectivity index (χ3v) is 4.48. The van der Waals surface area contributed by atoms with Crippen LogP contribution in [0.15, 0.2) is 72.8 Å². The molecular formula is C24H21O2. The van der Waals surface area contributed by atoms with E-state index in [-0.39, 0.29) is 0 Å². The summed E-state index contributed by atoms with van der Waals surface area (Å²) in [7, 11) is 0. The van der Waals surface area contributed by atoms with E-state index < -0.39 is 0 Å². The summed E-state index contributed by atoms with van der Waals surface area (Å²) in [6, 6.07) is 24.6. The van der Waals surface area contributed by atoms with Crippen LogP contribution < -0.4 is 9.47 Å². The van der Waals surface area contributed by atoms with Gasteiger partial charge >= 0.3 is 0 Å². The van der Waals surface area contributed by atoms with Crippen molar-refractivity contribution in [3.63, 3.8) is 0 Å². The lowest BCUT2D eigenvalue weighted by molar-refractivity contribution is 0.255. The highest BCUT2D eigenvalue weighted by molar-refractivity contribution is 5.61. The average molecular weight is 341 g/mol. The van der Waals surface area contributed by atoms with Crippen molar-refractivity contribution in [2.75, 3.05) is 0 Å². The van der Waals surface area contributed by atoms with Crippen molar-refractivity contribution in [2.24, 2.45) is 0 Å². The highest BCUT2D eigenvalue weighted by Crippen LogP contribution is 2.35. The number of ether oxygens (including phenoxy) is 2. The molecule has 0 N–H and O–H groups in total. The fourth-order valence-corrected chi connectivity index (χ4v) is 3.05. The molecule has 0 aliphatic heterocycles. The van der Waals surface area contributed by atoms with Gasteiger partial charge in [0.05, 0.1) is 0 Å². The second-order valence-electron chi connectivity index (χ2n) is 6.39. The first-order chi connectivity index (χ1) is 12.9. The van der Waals surface area contributed by atoms with E-state index in [4.69, 9.17) is 9.47 Å². The summed E-state index contributed by atoms with van der Waals surface area (Å²) in [5.41, 5.74) is 4.75. The fraction of sp³-hybridized carbons (Fsp3) is 0.167. The molecular weight excluding hydrogens is 320 g/mol. The number of hydrogen-bond acceptors (Lipinski definition) is 2. The Morgan fingerprint density at radius 1 is 0.731 bits per heavy atom. The molecule has 0 spiro atoms. The predicted octanol–water partition coefficient (Wildman–Crippen LogP) is 5.61. The van der Waals surface area contributed by atoms with Crippen LogP contribution in [0, 0.1) is 6.08 Å². The first kappa shape index (κ1) is 16.5. The highest BCUT2D eigenvalue weighted by atomic mass is 16.5. The molecule has 0 fully saturated rings. The van der Waals surface area contributed by atoms with Crippen molar-refractivity contribution in [3.05, 3.63) is 101 Å². The number of fused-ring (bicyclic) bond motifs is 1. The van der Waals surface area contributed by atoms with Gasteiger partial charge in [-0.1, -0.05) is 66.7 Å². The first-order valence-corrected chi connectivity index (χ1v) is 8.95. The van der Waals surface area contributed by atoms with E-state index in [1.165, 1.54) is 11.1 Å². The Labute approximate surface area is 154 Å². The minimum absolute atomic E-state index is 0.523. The summed E-state index contributed by atoms with van der Waals surface area (Å²) in [4.78, 5) is 0. The lowest BCUT2D eigenvalue weighted by Gasteiger charge is -2.18. The zero-order valence-corrected chi connectivity index (χ0v) is 14.7. The summed E-state index contributed by atoms with van der Waals surface area (Å²) in [5, 5.41) is 0. The maximum atomic E-state index is 6.12. The molecule has 129 valence electrons. The Hall–Kier alpha value is -3.00. The van der Waals surface area contributed by atoms with Gasteiger partial charge in [0.15, 0.2) is 11.5 Å². The van der Waals surface area contributed by atoms with Crippen LogP contribution in [0.2, 0.25) is 0 Å². The molecule has 0 amide bonds. The summed E-state index contributed by atoms with van der Waals surface area (Å²) >= 11 is 0. The van der Waals surface area contributed by atoms with Crippen LogP contribution in [-0.4, -0.2) is 0 Å². The standard InChI is InChI=1S/C24H21O2/c1-3-9-19(10-4-1)17-25-23-15-21-13-7-8-14-22(21)16-24(23)26-18-20-11-5-2-6-12-20/h1-6,9-12,14-16H,7,13,17-18H2. The molecule has 1 aliphatic carbocycles. The molecule has 3 aromatic rings. The zero-order valence-electron chi connectivity index (χ0n) is 14.7. The van der Waals surface area contributed by atoms with Crippen molar-refractivity contribution in [3.8, 4) is 11.5 Å². The molecule has 2 nitrogen and oxygen atoms in total. The third kappa shape index (κ3) is 3.97. The number of rotatable bonds is 6. The van der Waals surface area contributed by atoms with Crippen LogP contribution in [-0.2, 0) is 19.6 Å². The number of hydrogen-bond donors (Lipinski definition) is 0. The van der Waals surface area contributed by atoms with Crippen molar-refractivity contribution >= 4 is 6.08 Å². The van der Waals surface area contributed by atoms with E-state index in [0.717, 1.165) is 35.5 Å². The molecule has 26 heavy (non-hydrogen) atoms. The number of aryl methyl sites for hydroxylation is 1. The molecule has 0 unspecified atom stereocenters. The Morgan fingerprint density at radius 2 is 1.31 bits per heavy atom. The summed E-state index contributed by atoms with van der Waals surface area (Å²) in [5.74, 6) is 1.59. The molecule has 3 aromatic carbocycles.